The maximum Gasteiger partial charge on any atom is 0.158 e. The van der Waals surface area contributed by atoms with Crippen LogP contribution in [0.1, 0.15) is 12.8 Å². The maximum atomic E-state index is 10.6. The Morgan fingerprint density at radius 1 is 1.00 bits per heavy atom. The number of ether oxygens (including phenoxy) is 1. The van der Waals surface area contributed by atoms with Crippen LogP contribution >= 0.6 is 0 Å². The second-order valence-electron chi connectivity index (χ2n) is 2.07. The van der Waals surface area contributed by atoms with Gasteiger partial charge in [-0.3, -0.25) is 9.59 Å². The molecule has 0 bridgehead atoms. The minimum Gasteiger partial charge on any atom is -0.366 e. The Labute approximate surface area is 53.0 Å². The van der Waals surface area contributed by atoms with Gasteiger partial charge in [-0.1, -0.05) is 0 Å². The minimum atomic E-state index is 0.0286. The number of hydrogen-bond acceptors (Lipinski definition) is 3. The summed E-state index contributed by atoms with van der Waals surface area (Å²) in [7, 11) is 0. The predicted molar refractivity (Wildman–Crippen MR) is 30.1 cm³/mol. The summed E-state index contributed by atoms with van der Waals surface area (Å²) in [5, 5.41) is 0. The summed E-state index contributed by atoms with van der Waals surface area (Å²) in [5.41, 5.74) is 0. The lowest BCUT2D eigenvalue weighted by atomic mass is 10.2. The molecule has 1 saturated heterocycles. The van der Waals surface area contributed by atoms with Crippen LogP contribution in [0.25, 0.3) is 0 Å². The molecule has 0 aliphatic carbocycles. The van der Waals surface area contributed by atoms with E-state index >= 15 is 0 Å². The van der Waals surface area contributed by atoms with E-state index in [-0.39, 0.29) is 24.8 Å². The Balaban J connectivity index is 2.43. The number of hydrogen-bond donors (Lipinski definition) is 0. The first-order valence-electron chi connectivity index (χ1n) is 2.90. The van der Waals surface area contributed by atoms with Gasteiger partial charge in [0.1, 0.15) is 13.2 Å². The smallest absolute Gasteiger partial charge is 0.158 e. The fourth-order valence-electron chi connectivity index (χ4n) is 0.702. The van der Waals surface area contributed by atoms with Crippen molar-refractivity contribution in [2.75, 3.05) is 13.2 Å². The fourth-order valence-corrected chi connectivity index (χ4v) is 0.702. The average Bonchev–Trinajstić information content (AvgIpc) is 1.97. The number of carbonyl (C=O) groups excluding carboxylic acids is 2. The first-order valence-corrected chi connectivity index (χ1v) is 2.90. The number of Topliss-reactive ketones (excluding diaryl/α,β-unsaturated/α-hetero) is 2. The van der Waals surface area contributed by atoms with Gasteiger partial charge in [-0.2, -0.15) is 0 Å². The summed E-state index contributed by atoms with van der Waals surface area (Å²) in [6.45, 7) is 0.234. The molecule has 0 saturated carbocycles. The van der Waals surface area contributed by atoms with Gasteiger partial charge in [0.15, 0.2) is 11.6 Å². The summed E-state index contributed by atoms with van der Waals surface area (Å²) in [4.78, 5) is 21.1. The van der Waals surface area contributed by atoms with Crippen LogP contribution in [0.5, 0.6) is 0 Å². The Kier molecular flexibility index (Phi) is 1.95. The van der Waals surface area contributed by atoms with Gasteiger partial charge in [0.2, 0.25) is 0 Å². The number of carbonyl (C=O) groups is 2. The molecule has 1 heterocycles. The lowest BCUT2D eigenvalue weighted by molar-refractivity contribution is -0.123. The van der Waals surface area contributed by atoms with E-state index in [2.05, 4.69) is 0 Å². The van der Waals surface area contributed by atoms with Crippen molar-refractivity contribution in [2.24, 2.45) is 0 Å². The van der Waals surface area contributed by atoms with Gasteiger partial charge < -0.3 is 4.74 Å². The van der Waals surface area contributed by atoms with Gasteiger partial charge in [0.25, 0.3) is 0 Å². The van der Waals surface area contributed by atoms with Crippen LogP contribution in [0.3, 0.4) is 0 Å². The molecule has 9 heavy (non-hydrogen) atoms. The largest absolute Gasteiger partial charge is 0.366 e. The molecular weight excluding hydrogens is 120 g/mol. The van der Waals surface area contributed by atoms with E-state index in [0.717, 1.165) is 0 Å². The Bertz CT molecular complexity index is 123. The van der Waals surface area contributed by atoms with Crippen molar-refractivity contribution in [2.45, 2.75) is 12.8 Å². The first-order chi connectivity index (χ1) is 4.29. The van der Waals surface area contributed by atoms with E-state index in [4.69, 9.17) is 4.74 Å². The van der Waals surface area contributed by atoms with Crippen molar-refractivity contribution in [3.63, 3.8) is 0 Å². The molecule has 1 rings (SSSR count). The van der Waals surface area contributed by atoms with Crippen molar-refractivity contribution in [1.82, 2.24) is 0 Å². The average molecular weight is 128 g/mol. The van der Waals surface area contributed by atoms with Gasteiger partial charge in [0, 0.05) is 12.8 Å². The SMILES string of the molecule is O=C1CCC(=O)COC1. The molecule has 0 aromatic rings. The molecule has 0 aromatic carbocycles. The third-order valence-electron chi connectivity index (χ3n) is 1.21. The number of rotatable bonds is 0. The van der Waals surface area contributed by atoms with E-state index < -0.39 is 0 Å². The molecule has 3 heteroatoms. The predicted octanol–water partition coefficient (Wildman–Crippen LogP) is -0.0650. The lowest BCUT2D eigenvalue weighted by Gasteiger charge is -1.90. The van der Waals surface area contributed by atoms with Gasteiger partial charge in [-0.15, -0.1) is 0 Å². The molecule has 1 fully saturated rings. The van der Waals surface area contributed by atoms with E-state index in [0.29, 0.717) is 12.8 Å². The molecule has 0 N–H and O–H groups in total. The molecule has 1 aliphatic heterocycles. The van der Waals surface area contributed by atoms with Gasteiger partial charge in [0.05, 0.1) is 0 Å². The summed E-state index contributed by atoms with van der Waals surface area (Å²) in [6.07, 6.45) is 0.720. The molecule has 0 aromatic heterocycles. The van der Waals surface area contributed by atoms with Crippen LogP contribution in [0.2, 0.25) is 0 Å². The summed E-state index contributed by atoms with van der Waals surface area (Å²) in [5.74, 6) is 0.0571. The van der Waals surface area contributed by atoms with Crippen LogP contribution in [0, 0.1) is 0 Å². The van der Waals surface area contributed by atoms with Crippen molar-refractivity contribution < 1.29 is 14.3 Å². The lowest BCUT2D eigenvalue weighted by Crippen LogP contribution is -2.05. The molecule has 1 aliphatic rings. The second-order valence-corrected chi connectivity index (χ2v) is 2.07. The monoisotopic (exact) mass is 128 g/mol. The van der Waals surface area contributed by atoms with Gasteiger partial charge >= 0.3 is 0 Å². The Morgan fingerprint density at radius 3 is 1.89 bits per heavy atom. The highest BCUT2D eigenvalue weighted by Crippen LogP contribution is 1.99. The van der Waals surface area contributed by atoms with Crippen LogP contribution in [0.4, 0.5) is 0 Å². The maximum absolute atomic E-state index is 10.6. The van der Waals surface area contributed by atoms with Crippen molar-refractivity contribution in [1.29, 1.82) is 0 Å². The summed E-state index contributed by atoms with van der Waals surface area (Å²) >= 11 is 0. The van der Waals surface area contributed by atoms with Crippen LogP contribution in [-0.2, 0) is 14.3 Å². The molecule has 3 nitrogen and oxygen atoms in total. The van der Waals surface area contributed by atoms with Gasteiger partial charge in [-0.25, -0.2) is 0 Å². The van der Waals surface area contributed by atoms with Crippen molar-refractivity contribution >= 4 is 11.6 Å². The molecule has 0 spiro atoms. The highest BCUT2D eigenvalue weighted by Gasteiger charge is 2.12. The molecule has 0 amide bonds. The highest BCUT2D eigenvalue weighted by molar-refractivity contribution is 5.88. The van der Waals surface area contributed by atoms with Crippen LogP contribution in [-0.4, -0.2) is 24.8 Å². The molecule has 0 unspecified atom stereocenters. The van der Waals surface area contributed by atoms with Crippen molar-refractivity contribution in [3.8, 4) is 0 Å². The zero-order valence-corrected chi connectivity index (χ0v) is 5.05. The highest BCUT2D eigenvalue weighted by atomic mass is 16.5. The van der Waals surface area contributed by atoms with Gasteiger partial charge in [-0.05, 0) is 0 Å². The second kappa shape index (κ2) is 2.73. The molecule has 0 radical (unpaired) electrons. The van der Waals surface area contributed by atoms with E-state index in [9.17, 15) is 9.59 Å². The standard InChI is InChI=1S/C6H8O3/c7-5-1-2-6(8)4-9-3-5/h1-4H2. The molecule has 0 atom stereocenters. The van der Waals surface area contributed by atoms with Crippen molar-refractivity contribution in [3.05, 3.63) is 0 Å². The summed E-state index contributed by atoms with van der Waals surface area (Å²) in [6, 6.07) is 0. The normalized spacial score (nSPS) is 21.8. The van der Waals surface area contributed by atoms with E-state index in [1.54, 1.807) is 0 Å². The van der Waals surface area contributed by atoms with E-state index in [1.807, 2.05) is 0 Å². The Hall–Kier alpha value is -0.700. The molecule has 50 valence electrons. The first kappa shape index (κ1) is 6.42. The number of ketones is 2. The third kappa shape index (κ3) is 1.93. The van der Waals surface area contributed by atoms with Crippen LogP contribution in [0.15, 0.2) is 0 Å². The zero-order valence-electron chi connectivity index (χ0n) is 5.05. The third-order valence-corrected chi connectivity index (χ3v) is 1.21. The zero-order chi connectivity index (χ0) is 6.69. The molecular formula is C6H8O3. The van der Waals surface area contributed by atoms with Crippen LogP contribution < -0.4 is 0 Å². The summed E-state index contributed by atoms with van der Waals surface area (Å²) < 4.78 is 4.72. The topological polar surface area (TPSA) is 43.4 Å². The Morgan fingerprint density at radius 2 is 1.44 bits per heavy atom. The van der Waals surface area contributed by atoms with E-state index in [1.165, 1.54) is 0 Å². The fraction of sp³-hybridized carbons (Fsp3) is 0.667. The quantitative estimate of drug-likeness (QED) is 0.459. The minimum absolute atomic E-state index is 0.0286.